The number of rotatable bonds is 8. The number of hydrogen-bond acceptors (Lipinski definition) is 8. The molecule has 8 rings (SSSR count). The zero-order valence-corrected chi connectivity index (χ0v) is 27.6. The van der Waals surface area contributed by atoms with Crippen LogP contribution in [0.1, 0.15) is 59.1 Å². The summed E-state index contributed by atoms with van der Waals surface area (Å²) in [5.41, 5.74) is 12.3. The first-order valence-corrected chi connectivity index (χ1v) is 18.5. The van der Waals surface area contributed by atoms with E-state index in [1.54, 1.807) is 48.5 Å². The summed E-state index contributed by atoms with van der Waals surface area (Å²) in [4.78, 5) is 5.52. The number of anilines is 2. The molecule has 0 fully saturated rings. The quantitative estimate of drug-likeness (QED) is 0.180. The molecule has 0 radical (unpaired) electrons. The third kappa shape index (κ3) is 6.09. The molecule has 4 heterocycles. The average molecular weight is 645 g/mol. The van der Waals surface area contributed by atoms with Crippen molar-refractivity contribution >= 4 is 32.6 Å². The smallest absolute Gasteiger partial charge is 0.206 e. The van der Waals surface area contributed by atoms with Gasteiger partial charge in [0.1, 0.15) is 0 Å². The van der Waals surface area contributed by atoms with Crippen LogP contribution in [0, 0.1) is 0 Å². The van der Waals surface area contributed by atoms with Crippen molar-refractivity contribution in [2.75, 3.05) is 36.0 Å². The van der Waals surface area contributed by atoms with Crippen molar-refractivity contribution < 1.29 is 8.42 Å². The van der Waals surface area contributed by atoms with Gasteiger partial charge in [0.2, 0.25) is 9.84 Å². The molecule has 4 aromatic rings. The number of azo groups is 2. The molecule has 4 aliphatic heterocycles. The molecule has 4 aromatic carbocycles. The van der Waals surface area contributed by atoms with Crippen molar-refractivity contribution in [2.45, 2.75) is 74.2 Å². The second-order valence-corrected chi connectivity index (χ2v) is 15.2. The van der Waals surface area contributed by atoms with E-state index in [9.17, 15) is 8.42 Å². The molecule has 0 aliphatic carbocycles. The van der Waals surface area contributed by atoms with Gasteiger partial charge in [-0.15, -0.1) is 0 Å². The molecule has 4 aliphatic rings. The molecule has 240 valence electrons. The fourth-order valence-electron chi connectivity index (χ4n) is 7.85. The first-order chi connectivity index (χ1) is 23.0. The van der Waals surface area contributed by atoms with Crippen LogP contribution in [-0.2, 0) is 48.6 Å². The highest BCUT2D eigenvalue weighted by molar-refractivity contribution is 7.91. The molecule has 8 nitrogen and oxygen atoms in total. The lowest BCUT2D eigenvalue weighted by Gasteiger charge is -2.37. The summed E-state index contributed by atoms with van der Waals surface area (Å²) >= 11 is 0. The number of hydrogen-bond donors (Lipinski definition) is 0. The molecule has 47 heavy (non-hydrogen) atoms. The van der Waals surface area contributed by atoms with Crippen LogP contribution in [-0.4, -0.2) is 34.6 Å². The van der Waals surface area contributed by atoms with E-state index in [-0.39, 0.29) is 9.79 Å². The second-order valence-electron chi connectivity index (χ2n) is 13.2. The standard InChI is InChI=1S/C38H40N6O2S/c45-47(46,35-13-9-33(10-14-35)41-39-25-27-21-29-5-1-17-43-18-2-6-30(22-27)37(29)43)36-15-11-34(12-16-36)42-40-26-28-23-31-7-3-19-44-20-4-8-32(24-28)38(31)44/h9-16,21-24H,1-8,17-20,25-26H2. The Morgan fingerprint density at radius 3 is 1.19 bits per heavy atom. The van der Waals surface area contributed by atoms with Crippen LogP contribution in [0.3, 0.4) is 0 Å². The monoisotopic (exact) mass is 644 g/mol. The Bertz CT molecular complexity index is 1770. The maximum atomic E-state index is 13.4. The predicted molar refractivity (Wildman–Crippen MR) is 185 cm³/mol. The first-order valence-electron chi connectivity index (χ1n) is 17.0. The minimum atomic E-state index is -3.68. The Labute approximate surface area is 277 Å². The van der Waals surface area contributed by atoms with Crippen LogP contribution in [0.2, 0.25) is 0 Å². The zero-order valence-electron chi connectivity index (χ0n) is 26.7. The summed E-state index contributed by atoms with van der Waals surface area (Å²) < 4.78 is 26.7. The van der Waals surface area contributed by atoms with Crippen molar-refractivity contribution in [2.24, 2.45) is 20.5 Å². The number of nitrogens with zero attached hydrogens (tertiary/aromatic N) is 6. The van der Waals surface area contributed by atoms with Crippen molar-refractivity contribution in [1.29, 1.82) is 0 Å². The third-order valence-corrected chi connectivity index (χ3v) is 11.7. The molecule has 0 aromatic heterocycles. The first kappa shape index (κ1) is 30.0. The highest BCUT2D eigenvalue weighted by Gasteiger charge is 2.25. The third-order valence-electron chi connectivity index (χ3n) is 9.96. The van der Waals surface area contributed by atoms with Gasteiger partial charge in [0, 0.05) is 37.6 Å². The Hall–Kier alpha value is -4.37. The molecule has 0 spiro atoms. The topological polar surface area (TPSA) is 90.1 Å². The van der Waals surface area contributed by atoms with E-state index < -0.39 is 9.84 Å². The van der Waals surface area contributed by atoms with Gasteiger partial charge in [-0.3, -0.25) is 0 Å². The van der Waals surface area contributed by atoms with E-state index in [4.69, 9.17) is 0 Å². The SMILES string of the molecule is O=S(=O)(c1ccc(N=NCc2cc3c4c(c2)CCCN4CCC3)cc1)c1ccc(N=NCc2cc3c4c(c2)CCCN4CCC3)cc1. The molecule has 0 unspecified atom stereocenters. The highest BCUT2D eigenvalue weighted by atomic mass is 32.2. The molecule has 0 N–H and O–H groups in total. The predicted octanol–water partition coefficient (Wildman–Crippen LogP) is 8.48. The molecule has 0 atom stereocenters. The summed E-state index contributed by atoms with van der Waals surface area (Å²) in [6.45, 7) is 5.68. The van der Waals surface area contributed by atoms with E-state index in [2.05, 4.69) is 54.5 Å². The largest absolute Gasteiger partial charge is 0.371 e. The van der Waals surface area contributed by atoms with Crippen molar-refractivity contribution in [3.63, 3.8) is 0 Å². The van der Waals surface area contributed by atoms with Gasteiger partial charge in [0.25, 0.3) is 0 Å². The molecule has 0 saturated carbocycles. The number of aryl methyl sites for hydroxylation is 4. The molecule has 0 saturated heterocycles. The fourth-order valence-corrected chi connectivity index (χ4v) is 9.11. The molecular formula is C38H40N6O2S. The molecular weight excluding hydrogens is 605 g/mol. The van der Waals surface area contributed by atoms with Gasteiger partial charge in [0.05, 0.1) is 34.3 Å². The van der Waals surface area contributed by atoms with E-state index in [1.807, 2.05) is 0 Å². The second kappa shape index (κ2) is 12.7. The summed E-state index contributed by atoms with van der Waals surface area (Å²) in [6, 6.07) is 22.4. The van der Waals surface area contributed by atoms with Crippen LogP contribution in [0.15, 0.2) is 103 Å². The Morgan fingerprint density at radius 2 is 0.851 bits per heavy atom. The lowest BCUT2D eigenvalue weighted by molar-refractivity contribution is 0.596. The van der Waals surface area contributed by atoms with Crippen LogP contribution in [0.5, 0.6) is 0 Å². The summed E-state index contributed by atoms with van der Waals surface area (Å²) in [5.74, 6) is 0. The summed E-state index contributed by atoms with van der Waals surface area (Å²) in [5, 5.41) is 17.7. The number of benzene rings is 4. The van der Waals surface area contributed by atoms with Gasteiger partial charge in [-0.05, 0) is 133 Å². The minimum Gasteiger partial charge on any atom is -0.371 e. The van der Waals surface area contributed by atoms with Gasteiger partial charge >= 0.3 is 0 Å². The van der Waals surface area contributed by atoms with E-state index in [0.29, 0.717) is 24.5 Å². The molecule has 0 amide bonds. The Kier molecular flexibility index (Phi) is 8.09. The van der Waals surface area contributed by atoms with Crippen LogP contribution in [0.25, 0.3) is 0 Å². The average Bonchev–Trinajstić information content (AvgIpc) is 3.09. The van der Waals surface area contributed by atoms with Crippen molar-refractivity contribution in [3.8, 4) is 0 Å². The van der Waals surface area contributed by atoms with Crippen molar-refractivity contribution in [3.05, 3.63) is 106 Å². The van der Waals surface area contributed by atoms with Gasteiger partial charge < -0.3 is 9.80 Å². The number of sulfone groups is 1. The van der Waals surface area contributed by atoms with Crippen LogP contribution < -0.4 is 9.80 Å². The fraction of sp³-hybridized carbons (Fsp3) is 0.368. The van der Waals surface area contributed by atoms with Gasteiger partial charge in [0.15, 0.2) is 0 Å². The van der Waals surface area contributed by atoms with Crippen molar-refractivity contribution in [1.82, 2.24) is 0 Å². The maximum Gasteiger partial charge on any atom is 0.206 e. The lowest BCUT2D eigenvalue weighted by atomic mass is 9.90. The Balaban J connectivity index is 0.897. The minimum absolute atomic E-state index is 0.221. The maximum absolute atomic E-state index is 13.4. The molecule has 0 bridgehead atoms. The lowest BCUT2D eigenvalue weighted by Crippen LogP contribution is -2.34. The van der Waals surface area contributed by atoms with Gasteiger partial charge in [-0.1, -0.05) is 24.3 Å². The zero-order chi connectivity index (χ0) is 31.8. The summed E-state index contributed by atoms with van der Waals surface area (Å²) in [6.07, 6.45) is 9.33. The van der Waals surface area contributed by atoms with E-state index in [1.165, 1.54) is 70.4 Å². The molecule has 9 heteroatoms. The van der Waals surface area contributed by atoms with Crippen LogP contribution >= 0.6 is 0 Å². The van der Waals surface area contributed by atoms with Gasteiger partial charge in [-0.25, -0.2) is 8.42 Å². The van der Waals surface area contributed by atoms with E-state index in [0.717, 1.165) is 51.9 Å². The Morgan fingerprint density at radius 1 is 0.511 bits per heavy atom. The van der Waals surface area contributed by atoms with E-state index >= 15 is 0 Å². The summed E-state index contributed by atoms with van der Waals surface area (Å²) in [7, 11) is -3.68. The normalized spacial score (nSPS) is 17.3. The highest BCUT2D eigenvalue weighted by Crippen LogP contribution is 2.38. The van der Waals surface area contributed by atoms with Crippen LogP contribution in [0.4, 0.5) is 22.7 Å². The van der Waals surface area contributed by atoms with Gasteiger partial charge in [-0.2, -0.15) is 20.5 Å².